The number of hydrogen-bond donors (Lipinski definition) is 1. The topological polar surface area (TPSA) is 91.3 Å². The van der Waals surface area contributed by atoms with E-state index >= 15 is 0 Å². The fourth-order valence-corrected chi connectivity index (χ4v) is 2.65. The van der Waals surface area contributed by atoms with Crippen LogP contribution < -0.4 is 0 Å². The summed E-state index contributed by atoms with van der Waals surface area (Å²) in [6.45, 7) is 2.48. The number of carbonyl (C=O) groups excluding carboxylic acids is 2. The molecule has 0 unspecified atom stereocenters. The molecule has 110 valence electrons. The van der Waals surface area contributed by atoms with Crippen LogP contribution in [0.15, 0.2) is 0 Å². The van der Waals surface area contributed by atoms with E-state index in [0.717, 1.165) is 0 Å². The molecule has 1 heterocycles. The Hall–Kier alpha value is -0.450. The molecule has 1 fully saturated rings. The molecular weight excluding hydrogens is 371 g/mol. The zero-order valence-corrected chi connectivity index (χ0v) is 13.0. The molecule has 0 aliphatic carbocycles. The first-order valence-corrected chi connectivity index (χ1v) is 7.20. The number of carbonyl (C=O) groups is 2. The second kappa shape index (κ2) is 7.36. The largest absolute Gasteiger partial charge is 0.457 e. The molecule has 7 nitrogen and oxygen atoms in total. The Morgan fingerprint density at radius 1 is 1.16 bits per heavy atom. The van der Waals surface area contributed by atoms with Gasteiger partial charge in [-0.1, -0.05) is 22.6 Å². The van der Waals surface area contributed by atoms with Crippen LogP contribution in [0, 0.1) is 0 Å². The van der Waals surface area contributed by atoms with E-state index in [1.54, 1.807) is 0 Å². The highest BCUT2D eigenvalue weighted by Gasteiger charge is 2.49. The lowest BCUT2D eigenvalue weighted by Crippen LogP contribution is -2.61. The second-order valence-corrected chi connectivity index (χ2v) is 4.95. The van der Waals surface area contributed by atoms with Gasteiger partial charge in [-0.25, -0.2) is 0 Å². The third-order valence-corrected chi connectivity index (χ3v) is 3.51. The SMILES string of the molecule is CO[C@H]1[C@@H](OC(C)=O)[C@@H](O)O[C@@H](CI)[C@H]1OC(C)=O. The van der Waals surface area contributed by atoms with Gasteiger partial charge in [0.15, 0.2) is 18.5 Å². The molecule has 19 heavy (non-hydrogen) atoms. The van der Waals surface area contributed by atoms with E-state index in [2.05, 4.69) is 0 Å². The fourth-order valence-electron chi connectivity index (χ4n) is 1.94. The quantitative estimate of drug-likeness (QED) is 0.413. The summed E-state index contributed by atoms with van der Waals surface area (Å²) < 4.78 is 21.2. The number of hydrogen-bond acceptors (Lipinski definition) is 7. The average Bonchev–Trinajstić information content (AvgIpc) is 2.32. The van der Waals surface area contributed by atoms with Crippen LogP contribution >= 0.6 is 22.6 Å². The van der Waals surface area contributed by atoms with E-state index in [-0.39, 0.29) is 0 Å². The van der Waals surface area contributed by atoms with Crippen LogP contribution in [0.1, 0.15) is 13.8 Å². The summed E-state index contributed by atoms with van der Waals surface area (Å²) in [5, 5.41) is 9.85. The predicted octanol–water partition coefficient (Wildman–Crippen LogP) is 0.0170. The van der Waals surface area contributed by atoms with E-state index in [9.17, 15) is 14.7 Å². The molecule has 0 aromatic rings. The molecule has 0 aromatic heterocycles. The summed E-state index contributed by atoms with van der Waals surface area (Å²) in [5.41, 5.74) is 0. The monoisotopic (exact) mass is 388 g/mol. The number of alkyl halides is 1. The molecule has 0 amide bonds. The van der Waals surface area contributed by atoms with Gasteiger partial charge in [-0.05, 0) is 0 Å². The van der Waals surface area contributed by atoms with Gasteiger partial charge in [-0.15, -0.1) is 0 Å². The zero-order valence-electron chi connectivity index (χ0n) is 10.9. The van der Waals surface area contributed by atoms with Crippen LogP contribution in [-0.2, 0) is 28.5 Å². The van der Waals surface area contributed by atoms with Crippen molar-refractivity contribution in [1.82, 2.24) is 0 Å². The smallest absolute Gasteiger partial charge is 0.303 e. The van der Waals surface area contributed by atoms with Gasteiger partial charge in [0, 0.05) is 25.4 Å². The Kier molecular flexibility index (Phi) is 6.43. The summed E-state index contributed by atoms with van der Waals surface area (Å²) in [7, 11) is 1.39. The second-order valence-electron chi connectivity index (χ2n) is 4.07. The molecular formula is C11H17IO7. The highest BCUT2D eigenvalue weighted by atomic mass is 127. The first kappa shape index (κ1) is 16.6. The van der Waals surface area contributed by atoms with E-state index < -0.39 is 42.6 Å². The highest BCUT2D eigenvalue weighted by Crippen LogP contribution is 2.28. The van der Waals surface area contributed by atoms with E-state index in [1.807, 2.05) is 22.6 Å². The van der Waals surface area contributed by atoms with Gasteiger partial charge < -0.3 is 24.1 Å². The van der Waals surface area contributed by atoms with Crippen LogP contribution in [0.25, 0.3) is 0 Å². The zero-order chi connectivity index (χ0) is 14.6. The molecule has 0 bridgehead atoms. The van der Waals surface area contributed by atoms with Gasteiger partial charge in [-0.3, -0.25) is 9.59 Å². The number of esters is 2. The van der Waals surface area contributed by atoms with E-state index in [4.69, 9.17) is 18.9 Å². The molecule has 5 atom stereocenters. The molecule has 0 aromatic carbocycles. The Morgan fingerprint density at radius 2 is 1.68 bits per heavy atom. The maximum Gasteiger partial charge on any atom is 0.303 e. The van der Waals surface area contributed by atoms with Crippen molar-refractivity contribution in [3.63, 3.8) is 0 Å². The van der Waals surface area contributed by atoms with Gasteiger partial charge >= 0.3 is 11.9 Å². The lowest BCUT2D eigenvalue weighted by atomic mass is 9.99. The number of aliphatic hydroxyl groups is 1. The molecule has 1 saturated heterocycles. The summed E-state index contributed by atoms with van der Waals surface area (Å²) in [4.78, 5) is 22.2. The predicted molar refractivity (Wildman–Crippen MR) is 71.7 cm³/mol. The van der Waals surface area contributed by atoms with Gasteiger partial charge in [0.1, 0.15) is 12.2 Å². The van der Waals surface area contributed by atoms with Crippen molar-refractivity contribution in [3.05, 3.63) is 0 Å². The van der Waals surface area contributed by atoms with Crippen LogP contribution in [0.3, 0.4) is 0 Å². The van der Waals surface area contributed by atoms with Crippen molar-refractivity contribution >= 4 is 34.5 Å². The first-order valence-electron chi connectivity index (χ1n) is 5.67. The summed E-state index contributed by atoms with van der Waals surface area (Å²) >= 11 is 2.05. The van der Waals surface area contributed by atoms with Crippen molar-refractivity contribution < 1.29 is 33.6 Å². The number of ether oxygens (including phenoxy) is 4. The molecule has 0 radical (unpaired) electrons. The van der Waals surface area contributed by atoms with E-state index in [1.165, 1.54) is 21.0 Å². The average molecular weight is 388 g/mol. The minimum Gasteiger partial charge on any atom is -0.457 e. The lowest BCUT2D eigenvalue weighted by molar-refractivity contribution is -0.287. The van der Waals surface area contributed by atoms with Gasteiger partial charge in [-0.2, -0.15) is 0 Å². The van der Waals surface area contributed by atoms with Crippen molar-refractivity contribution in [2.24, 2.45) is 0 Å². The van der Waals surface area contributed by atoms with Crippen LogP contribution in [0.4, 0.5) is 0 Å². The molecule has 0 spiro atoms. The Bertz CT molecular complexity index is 335. The van der Waals surface area contributed by atoms with Crippen molar-refractivity contribution in [2.45, 2.75) is 44.6 Å². The van der Waals surface area contributed by atoms with Crippen molar-refractivity contribution in [2.75, 3.05) is 11.5 Å². The van der Waals surface area contributed by atoms with Crippen LogP contribution in [0.2, 0.25) is 0 Å². The van der Waals surface area contributed by atoms with Gasteiger partial charge in [0.05, 0.1) is 0 Å². The molecule has 1 rings (SSSR count). The standard InChI is InChI=1S/C11H17IO7/c1-5(13)17-8-7(4-12)19-11(15)10(9(8)16-3)18-6(2)14/h7-11,15H,4H2,1-3H3/t7-,8+,9+,10+,11-/m0/s1. The molecule has 8 heteroatoms. The Morgan fingerprint density at radius 3 is 2.11 bits per heavy atom. The number of halogens is 1. The normalized spacial score (nSPS) is 34.7. The molecule has 1 aliphatic rings. The van der Waals surface area contributed by atoms with Crippen molar-refractivity contribution in [3.8, 4) is 0 Å². The number of aliphatic hydroxyl groups excluding tert-OH is 1. The Balaban J connectivity index is 2.94. The maximum atomic E-state index is 11.1. The van der Waals surface area contributed by atoms with Gasteiger partial charge in [0.25, 0.3) is 0 Å². The third-order valence-electron chi connectivity index (χ3n) is 2.64. The molecule has 1 N–H and O–H groups in total. The number of methoxy groups -OCH3 is 1. The summed E-state index contributed by atoms with van der Waals surface area (Å²) in [5.74, 6) is -1.08. The first-order chi connectivity index (χ1) is 8.90. The summed E-state index contributed by atoms with van der Waals surface area (Å²) in [6, 6.07) is 0. The van der Waals surface area contributed by atoms with Crippen LogP contribution in [-0.4, -0.2) is 59.3 Å². The molecule has 0 saturated carbocycles. The van der Waals surface area contributed by atoms with Gasteiger partial charge in [0.2, 0.25) is 0 Å². The van der Waals surface area contributed by atoms with Crippen LogP contribution in [0.5, 0.6) is 0 Å². The minimum atomic E-state index is -1.32. The Labute approximate surface area is 124 Å². The highest BCUT2D eigenvalue weighted by molar-refractivity contribution is 14.1. The fraction of sp³-hybridized carbons (Fsp3) is 0.818. The minimum absolute atomic E-state index is 0.486. The molecule has 1 aliphatic heterocycles. The third kappa shape index (κ3) is 4.26. The van der Waals surface area contributed by atoms with E-state index in [0.29, 0.717) is 4.43 Å². The summed E-state index contributed by atoms with van der Waals surface area (Å²) in [6.07, 6.45) is -4.41. The maximum absolute atomic E-state index is 11.1. The lowest BCUT2D eigenvalue weighted by Gasteiger charge is -2.42. The van der Waals surface area contributed by atoms with Crippen molar-refractivity contribution in [1.29, 1.82) is 0 Å². The number of rotatable bonds is 4.